The highest BCUT2D eigenvalue weighted by molar-refractivity contribution is 5.85. The number of nitrogens with zero attached hydrogens (tertiary/aromatic N) is 2. The molecule has 1 unspecified atom stereocenters. The molecule has 1 fully saturated rings. The summed E-state index contributed by atoms with van der Waals surface area (Å²) in [5.74, 6) is 0.686. The molecule has 0 radical (unpaired) electrons. The molecule has 1 aliphatic heterocycles. The van der Waals surface area contributed by atoms with Crippen molar-refractivity contribution in [1.29, 1.82) is 0 Å². The van der Waals surface area contributed by atoms with E-state index in [-0.39, 0.29) is 18.3 Å². The predicted molar refractivity (Wildman–Crippen MR) is 82.4 cm³/mol. The second-order valence-corrected chi connectivity index (χ2v) is 4.86. The molecule has 5 heteroatoms. The third kappa shape index (κ3) is 6.23. The Bertz CT molecular complexity index is 286. The lowest BCUT2D eigenvalue weighted by molar-refractivity contribution is -0.131. The van der Waals surface area contributed by atoms with Crippen molar-refractivity contribution in [2.75, 3.05) is 39.3 Å². The summed E-state index contributed by atoms with van der Waals surface area (Å²) in [4.78, 5) is 16.1. The molecular formula is C14H26ClN3O. The van der Waals surface area contributed by atoms with Crippen LogP contribution in [0.4, 0.5) is 0 Å². The minimum atomic E-state index is 0. The number of hydrogen-bond donors (Lipinski definition) is 1. The van der Waals surface area contributed by atoms with Gasteiger partial charge >= 0.3 is 0 Å². The van der Waals surface area contributed by atoms with E-state index in [1.165, 1.54) is 6.42 Å². The fraction of sp³-hybridized carbons (Fsp3) is 0.643. The summed E-state index contributed by atoms with van der Waals surface area (Å²) in [6.07, 6.45) is 5.82. The monoisotopic (exact) mass is 287 g/mol. The number of likely N-dealkylation sites (tertiary alicyclic amines) is 1. The van der Waals surface area contributed by atoms with Crippen molar-refractivity contribution in [3.05, 3.63) is 25.3 Å². The summed E-state index contributed by atoms with van der Waals surface area (Å²) in [6.45, 7) is 11.7. The second kappa shape index (κ2) is 10.0. The summed E-state index contributed by atoms with van der Waals surface area (Å²) >= 11 is 0. The molecule has 0 spiro atoms. The quantitative estimate of drug-likeness (QED) is 0.718. The Hall–Kier alpha value is -0.840. The highest BCUT2D eigenvalue weighted by atomic mass is 35.5. The highest BCUT2D eigenvalue weighted by Gasteiger charge is 2.22. The lowest BCUT2D eigenvalue weighted by Gasteiger charge is -2.33. The van der Waals surface area contributed by atoms with Crippen LogP contribution in [0.1, 0.15) is 12.8 Å². The Morgan fingerprint density at radius 1 is 1.37 bits per heavy atom. The van der Waals surface area contributed by atoms with Crippen LogP contribution in [0.15, 0.2) is 25.3 Å². The number of halogens is 1. The molecule has 110 valence electrons. The molecule has 19 heavy (non-hydrogen) atoms. The zero-order valence-electron chi connectivity index (χ0n) is 11.6. The second-order valence-electron chi connectivity index (χ2n) is 4.86. The molecule has 1 rings (SSSR count). The Labute approximate surface area is 122 Å². The Morgan fingerprint density at radius 2 is 2.00 bits per heavy atom. The smallest absolute Gasteiger partial charge is 0.237 e. The normalized spacial score (nSPS) is 19.3. The van der Waals surface area contributed by atoms with E-state index in [0.717, 1.165) is 19.5 Å². The summed E-state index contributed by atoms with van der Waals surface area (Å²) in [6, 6.07) is 0. The van der Waals surface area contributed by atoms with E-state index in [9.17, 15) is 4.79 Å². The Morgan fingerprint density at radius 3 is 2.53 bits per heavy atom. The van der Waals surface area contributed by atoms with Crippen LogP contribution in [-0.4, -0.2) is 55.0 Å². The van der Waals surface area contributed by atoms with E-state index in [1.54, 1.807) is 17.1 Å². The lowest BCUT2D eigenvalue weighted by atomic mass is 9.98. The molecule has 0 bridgehead atoms. The molecule has 0 saturated carbocycles. The number of carbonyl (C=O) groups is 1. The average molecular weight is 288 g/mol. The third-order valence-electron chi connectivity index (χ3n) is 3.35. The molecular weight excluding hydrogens is 262 g/mol. The highest BCUT2D eigenvalue weighted by Crippen LogP contribution is 2.15. The first kappa shape index (κ1) is 18.2. The first-order valence-corrected chi connectivity index (χ1v) is 6.63. The molecule has 1 heterocycles. The van der Waals surface area contributed by atoms with Crippen molar-refractivity contribution >= 4 is 18.3 Å². The zero-order chi connectivity index (χ0) is 13.4. The van der Waals surface area contributed by atoms with Crippen LogP contribution in [0.25, 0.3) is 0 Å². The fourth-order valence-corrected chi connectivity index (χ4v) is 2.37. The lowest BCUT2D eigenvalue weighted by Crippen LogP contribution is -2.45. The van der Waals surface area contributed by atoms with Crippen molar-refractivity contribution in [3.63, 3.8) is 0 Å². The van der Waals surface area contributed by atoms with Gasteiger partial charge in [0.05, 0.1) is 6.54 Å². The number of nitrogens with two attached hydrogens (primary N) is 1. The number of amides is 1. The maximum atomic E-state index is 12.1. The van der Waals surface area contributed by atoms with Crippen molar-refractivity contribution in [3.8, 4) is 0 Å². The van der Waals surface area contributed by atoms with Gasteiger partial charge in [0.15, 0.2) is 0 Å². The van der Waals surface area contributed by atoms with Gasteiger partial charge in [0.25, 0.3) is 0 Å². The van der Waals surface area contributed by atoms with Crippen LogP contribution >= 0.6 is 12.4 Å². The van der Waals surface area contributed by atoms with Crippen LogP contribution in [0.5, 0.6) is 0 Å². The molecule has 0 aromatic rings. The van der Waals surface area contributed by atoms with Crippen LogP contribution in [0.2, 0.25) is 0 Å². The standard InChI is InChI=1S/C14H25N3O.ClH/c1-3-7-17(8-4-2)14(18)12-16-9-5-6-13(10-15)11-16;/h3-4,13H,1-2,5-12,15H2;1H. The summed E-state index contributed by atoms with van der Waals surface area (Å²) in [7, 11) is 0. The topological polar surface area (TPSA) is 49.6 Å². The van der Waals surface area contributed by atoms with E-state index in [4.69, 9.17) is 5.73 Å². The van der Waals surface area contributed by atoms with Gasteiger partial charge < -0.3 is 10.6 Å². The van der Waals surface area contributed by atoms with E-state index >= 15 is 0 Å². The molecule has 1 atom stereocenters. The SMILES string of the molecule is C=CCN(CC=C)C(=O)CN1CCCC(CN)C1.Cl. The van der Waals surface area contributed by atoms with Crippen molar-refractivity contribution < 1.29 is 4.79 Å². The zero-order valence-corrected chi connectivity index (χ0v) is 12.4. The molecule has 4 nitrogen and oxygen atoms in total. The van der Waals surface area contributed by atoms with Crippen molar-refractivity contribution in [2.24, 2.45) is 11.7 Å². The first-order valence-electron chi connectivity index (χ1n) is 6.63. The third-order valence-corrected chi connectivity index (χ3v) is 3.35. The summed E-state index contributed by atoms with van der Waals surface area (Å²) in [5, 5.41) is 0. The molecule has 1 aliphatic rings. The number of hydrogen-bond acceptors (Lipinski definition) is 3. The maximum absolute atomic E-state index is 12.1. The van der Waals surface area contributed by atoms with Gasteiger partial charge in [0.2, 0.25) is 5.91 Å². The van der Waals surface area contributed by atoms with E-state index in [2.05, 4.69) is 18.1 Å². The first-order chi connectivity index (χ1) is 8.71. The minimum Gasteiger partial charge on any atom is -0.334 e. The van der Waals surface area contributed by atoms with Crippen LogP contribution in [-0.2, 0) is 4.79 Å². The van der Waals surface area contributed by atoms with E-state index in [1.807, 2.05) is 0 Å². The largest absolute Gasteiger partial charge is 0.334 e. The molecule has 2 N–H and O–H groups in total. The van der Waals surface area contributed by atoms with E-state index in [0.29, 0.717) is 32.1 Å². The van der Waals surface area contributed by atoms with Crippen LogP contribution in [0.3, 0.4) is 0 Å². The average Bonchev–Trinajstić information content (AvgIpc) is 2.38. The summed E-state index contributed by atoms with van der Waals surface area (Å²) in [5.41, 5.74) is 5.70. The number of piperidine rings is 1. The number of rotatable bonds is 7. The molecule has 1 saturated heterocycles. The van der Waals surface area contributed by atoms with Gasteiger partial charge in [-0.3, -0.25) is 9.69 Å². The van der Waals surface area contributed by atoms with Crippen LogP contribution in [0, 0.1) is 5.92 Å². The van der Waals surface area contributed by atoms with Gasteiger partial charge in [0, 0.05) is 19.6 Å². The van der Waals surface area contributed by atoms with Gasteiger partial charge in [0.1, 0.15) is 0 Å². The molecule has 0 aromatic heterocycles. The van der Waals surface area contributed by atoms with Gasteiger partial charge in [-0.1, -0.05) is 12.2 Å². The van der Waals surface area contributed by atoms with Gasteiger partial charge in [-0.25, -0.2) is 0 Å². The fourth-order valence-electron chi connectivity index (χ4n) is 2.37. The van der Waals surface area contributed by atoms with Gasteiger partial charge in [-0.15, -0.1) is 25.6 Å². The number of carbonyl (C=O) groups excluding carboxylic acids is 1. The Balaban J connectivity index is 0.00000324. The maximum Gasteiger partial charge on any atom is 0.237 e. The molecule has 0 aromatic carbocycles. The summed E-state index contributed by atoms with van der Waals surface area (Å²) < 4.78 is 0. The van der Waals surface area contributed by atoms with Gasteiger partial charge in [-0.2, -0.15) is 0 Å². The van der Waals surface area contributed by atoms with Gasteiger partial charge in [-0.05, 0) is 31.8 Å². The van der Waals surface area contributed by atoms with Crippen molar-refractivity contribution in [2.45, 2.75) is 12.8 Å². The van der Waals surface area contributed by atoms with E-state index < -0.39 is 0 Å². The van der Waals surface area contributed by atoms with Crippen molar-refractivity contribution in [1.82, 2.24) is 9.80 Å². The minimum absolute atomic E-state index is 0. The molecule has 0 aliphatic carbocycles. The van der Waals surface area contributed by atoms with Crippen LogP contribution < -0.4 is 5.73 Å². The Kier molecular flexibility index (Phi) is 9.57. The predicted octanol–water partition coefficient (Wildman–Crippen LogP) is 1.28. The molecule has 1 amide bonds.